The Balaban J connectivity index is 2.37. The first-order valence-corrected chi connectivity index (χ1v) is 7.39. The van der Waals surface area contributed by atoms with E-state index in [0.29, 0.717) is 25.3 Å². The molecule has 0 bridgehead atoms. The zero-order valence-electron chi connectivity index (χ0n) is 12.3. The number of carbonyl (C=O) groups excluding carboxylic acids is 1. The zero-order chi connectivity index (χ0) is 14.8. The van der Waals surface area contributed by atoms with E-state index in [1.165, 1.54) is 0 Å². The van der Waals surface area contributed by atoms with E-state index >= 15 is 0 Å². The number of carbonyl (C=O) groups is 1. The fraction of sp³-hybridized carbons (Fsp3) is 0.562. The lowest BCUT2D eigenvalue weighted by atomic mass is 9.96. The Morgan fingerprint density at radius 2 is 2.00 bits per heavy atom. The van der Waals surface area contributed by atoms with Gasteiger partial charge in [0, 0.05) is 18.7 Å². The van der Waals surface area contributed by atoms with Crippen molar-refractivity contribution >= 4 is 11.6 Å². The number of anilines is 1. The highest BCUT2D eigenvalue weighted by atomic mass is 16.2. The lowest BCUT2D eigenvalue weighted by molar-refractivity contribution is -0.116. The van der Waals surface area contributed by atoms with E-state index in [1.807, 2.05) is 24.3 Å². The van der Waals surface area contributed by atoms with Crippen LogP contribution in [0.15, 0.2) is 24.3 Å². The SMILES string of the molecule is CCC(CCN)CCC(=O)Nc1ccc(CCO)cc1. The Bertz CT molecular complexity index is 390. The average molecular weight is 278 g/mol. The molecule has 1 aromatic carbocycles. The highest BCUT2D eigenvalue weighted by Gasteiger charge is 2.09. The molecule has 112 valence electrons. The van der Waals surface area contributed by atoms with E-state index in [4.69, 9.17) is 10.8 Å². The van der Waals surface area contributed by atoms with Crippen LogP contribution in [-0.4, -0.2) is 24.2 Å². The second-order valence-corrected chi connectivity index (χ2v) is 5.11. The number of aliphatic hydroxyl groups is 1. The van der Waals surface area contributed by atoms with E-state index in [1.54, 1.807) is 0 Å². The number of nitrogens with one attached hydrogen (secondary N) is 1. The minimum atomic E-state index is 0.0513. The van der Waals surface area contributed by atoms with Crippen molar-refractivity contribution in [3.8, 4) is 0 Å². The van der Waals surface area contributed by atoms with E-state index in [0.717, 1.165) is 30.5 Å². The van der Waals surface area contributed by atoms with Crippen molar-refractivity contribution in [2.75, 3.05) is 18.5 Å². The first kappa shape index (κ1) is 16.7. The molecule has 0 heterocycles. The average Bonchev–Trinajstić information content (AvgIpc) is 2.46. The Morgan fingerprint density at radius 1 is 1.30 bits per heavy atom. The predicted molar refractivity (Wildman–Crippen MR) is 82.5 cm³/mol. The molecule has 0 spiro atoms. The van der Waals surface area contributed by atoms with Gasteiger partial charge in [0.15, 0.2) is 0 Å². The van der Waals surface area contributed by atoms with Gasteiger partial charge in [-0.2, -0.15) is 0 Å². The third-order valence-corrected chi connectivity index (χ3v) is 3.57. The molecule has 4 heteroatoms. The molecule has 1 rings (SSSR count). The first-order chi connectivity index (χ1) is 9.69. The molecule has 1 aromatic rings. The Kier molecular flexibility index (Phi) is 7.92. The first-order valence-electron chi connectivity index (χ1n) is 7.39. The number of benzene rings is 1. The highest BCUT2D eigenvalue weighted by molar-refractivity contribution is 5.90. The molecule has 4 N–H and O–H groups in total. The Hall–Kier alpha value is -1.39. The van der Waals surface area contributed by atoms with Crippen LogP contribution in [0.1, 0.15) is 38.2 Å². The molecule has 20 heavy (non-hydrogen) atoms. The number of rotatable bonds is 9. The third kappa shape index (κ3) is 6.17. The molecule has 0 aromatic heterocycles. The minimum Gasteiger partial charge on any atom is -0.396 e. The van der Waals surface area contributed by atoms with Gasteiger partial charge in [0.2, 0.25) is 5.91 Å². The summed E-state index contributed by atoms with van der Waals surface area (Å²) in [5.41, 5.74) is 7.43. The van der Waals surface area contributed by atoms with Crippen LogP contribution >= 0.6 is 0 Å². The molecule has 1 atom stereocenters. The molecular weight excluding hydrogens is 252 g/mol. The van der Waals surface area contributed by atoms with Crippen LogP contribution in [0.25, 0.3) is 0 Å². The van der Waals surface area contributed by atoms with Gasteiger partial charge >= 0.3 is 0 Å². The molecular formula is C16H26N2O2. The lowest BCUT2D eigenvalue weighted by Gasteiger charge is -2.13. The van der Waals surface area contributed by atoms with E-state index in [2.05, 4.69) is 12.2 Å². The van der Waals surface area contributed by atoms with Gasteiger partial charge in [-0.3, -0.25) is 4.79 Å². The number of hydrogen-bond acceptors (Lipinski definition) is 3. The third-order valence-electron chi connectivity index (χ3n) is 3.57. The van der Waals surface area contributed by atoms with Crippen molar-refractivity contribution in [3.05, 3.63) is 29.8 Å². The van der Waals surface area contributed by atoms with Crippen molar-refractivity contribution in [2.24, 2.45) is 11.7 Å². The quantitative estimate of drug-likeness (QED) is 0.649. The number of aliphatic hydroxyl groups excluding tert-OH is 1. The van der Waals surface area contributed by atoms with E-state index in [-0.39, 0.29) is 12.5 Å². The fourth-order valence-electron chi connectivity index (χ4n) is 2.23. The topological polar surface area (TPSA) is 75.4 Å². The summed E-state index contributed by atoms with van der Waals surface area (Å²) in [6.07, 6.45) is 4.13. The highest BCUT2D eigenvalue weighted by Crippen LogP contribution is 2.16. The standard InChI is InChI=1S/C16H26N2O2/c1-2-13(9-11-17)5-8-16(20)18-15-6-3-14(4-7-15)10-12-19/h3-4,6-7,13,19H,2,5,8-12,17H2,1H3,(H,18,20). The fourth-order valence-corrected chi connectivity index (χ4v) is 2.23. The van der Waals surface area contributed by atoms with Crippen LogP contribution in [0, 0.1) is 5.92 Å². The maximum Gasteiger partial charge on any atom is 0.224 e. The molecule has 0 saturated carbocycles. The monoisotopic (exact) mass is 278 g/mol. The molecule has 0 radical (unpaired) electrons. The molecule has 0 aliphatic rings. The van der Waals surface area contributed by atoms with Crippen molar-refractivity contribution in [1.82, 2.24) is 0 Å². The van der Waals surface area contributed by atoms with Gasteiger partial charge in [-0.1, -0.05) is 25.5 Å². The minimum absolute atomic E-state index is 0.0513. The maximum absolute atomic E-state index is 11.9. The molecule has 0 fully saturated rings. The number of nitrogens with two attached hydrogens (primary N) is 1. The summed E-state index contributed by atoms with van der Waals surface area (Å²) in [6.45, 7) is 2.97. The molecule has 1 amide bonds. The van der Waals surface area contributed by atoms with Crippen molar-refractivity contribution in [2.45, 2.75) is 39.0 Å². The van der Waals surface area contributed by atoms with Crippen molar-refractivity contribution < 1.29 is 9.90 Å². The van der Waals surface area contributed by atoms with Gasteiger partial charge in [0.25, 0.3) is 0 Å². The van der Waals surface area contributed by atoms with Crippen LogP contribution in [0.3, 0.4) is 0 Å². The van der Waals surface area contributed by atoms with Crippen LogP contribution in [-0.2, 0) is 11.2 Å². The van der Waals surface area contributed by atoms with Gasteiger partial charge < -0.3 is 16.2 Å². The van der Waals surface area contributed by atoms with Crippen LogP contribution in [0.4, 0.5) is 5.69 Å². The van der Waals surface area contributed by atoms with E-state index in [9.17, 15) is 4.79 Å². The molecule has 1 unspecified atom stereocenters. The second kappa shape index (κ2) is 9.50. The molecule has 4 nitrogen and oxygen atoms in total. The Morgan fingerprint density at radius 3 is 2.55 bits per heavy atom. The summed E-state index contributed by atoms with van der Waals surface area (Å²) in [6, 6.07) is 7.60. The van der Waals surface area contributed by atoms with Crippen LogP contribution in [0.5, 0.6) is 0 Å². The smallest absolute Gasteiger partial charge is 0.224 e. The number of hydrogen-bond donors (Lipinski definition) is 3. The normalized spacial score (nSPS) is 12.2. The molecule has 0 aliphatic carbocycles. The maximum atomic E-state index is 11.9. The van der Waals surface area contributed by atoms with Crippen LogP contribution < -0.4 is 11.1 Å². The predicted octanol–water partition coefficient (Wildman–Crippen LogP) is 2.32. The summed E-state index contributed by atoms with van der Waals surface area (Å²) in [7, 11) is 0. The largest absolute Gasteiger partial charge is 0.396 e. The van der Waals surface area contributed by atoms with Gasteiger partial charge in [0.05, 0.1) is 0 Å². The Labute approximate surface area is 121 Å². The second-order valence-electron chi connectivity index (χ2n) is 5.11. The van der Waals surface area contributed by atoms with Crippen molar-refractivity contribution in [3.63, 3.8) is 0 Å². The van der Waals surface area contributed by atoms with E-state index < -0.39 is 0 Å². The number of amides is 1. The summed E-state index contributed by atoms with van der Waals surface area (Å²) < 4.78 is 0. The summed E-state index contributed by atoms with van der Waals surface area (Å²) in [5, 5.41) is 11.7. The molecule has 0 aliphatic heterocycles. The summed E-state index contributed by atoms with van der Waals surface area (Å²) >= 11 is 0. The van der Waals surface area contributed by atoms with Crippen LogP contribution in [0.2, 0.25) is 0 Å². The van der Waals surface area contributed by atoms with Crippen molar-refractivity contribution in [1.29, 1.82) is 0 Å². The zero-order valence-corrected chi connectivity index (χ0v) is 12.3. The molecule has 0 saturated heterocycles. The van der Waals surface area contributed by atoms with Gasteiger partial charge in [0.1, 0.15) is 0 Å². The summed E-state index contributed by atoms with van der Waals surface area (Å²) in [4.78, 5) is 11.9. The lowest BCUT2D eigenvalue weighted by Crippen LogP contribution is -2.15. The van der Waals surface area contributed by atoms with Gasteiger partial charge in [-0.15, -0.1) is 0 Å². The van der Waals surface area contributed by atoms with Gasteiger partial charge in [-0.25, -0.2) is 0 Å². The summed E-state index contributed by atoms with van der Waals surface area (Å²) in [5.74, 6) is 0.591. The van der Waals surface area contributed by atoms with Gasteiger partial charge in [-0.05, 0) is 49.4 Å².